The van der Waals surface area contributed by atoms with E-state index in [0.717, 1.165) is 22.7 Å². The van der Waals surface area contributed by atoms with Crippen molar-refractivity contribution in [3.05, 3.63) is 71.0 Å². The van der Waals surface area contributed by atoms with Gasteiger partial charge in [-0.15, -0.1) is 0 Å². The predicted molar refractivity (Wildman–Crippen MR) is 107 cm³/mol. The first-order chi connectivity index (χ1) is 12.9. The third-order valence-electron chi connectivity index (χ3n) is 4.18. The van der Waals surface area contributed by atoms with Crippen molar-refractivity contribution in [2.75, 3.05) is 17.7 Å². The number of benzene rings is 2. The first-order valence-corrected chi connectivity index (χ1v) is 8.60. The van der Waals surface area contributed by atoms with Gasteiger partial charge in [-0.3, -0.25) is 4.79 Å². The maximum atomic E-state index is 12.6. The number of hydrogen-bond acceptors (Lipinski definition) is 5. The Labute approximate surface area is 158 Å². The molecule has 0 aliphatic heterocycles. The second-order valence-electron chi connectivity index (χ2n) is 6.33. The lowest BCUT2D eigenvalue weighted by atomic mass is 10.1. The summed E-state index contributed by atoms with van der Waals surface area (Å²) >= 11 is 0. The van der Waals surface area contributed by atoms with Crippen LogP contribution in [0.4, 0.5) is 17.3 Å². The summed E-state index contributed by atoms with van der Waals surface area (Å²) in [7, 11) is 1.61. The van der Waals surface area contributed by atoms with Gasteiger partial charge in [-0.1, -0.05) is 12.1 Å². The summed E-state index contributed by atoms with van der Waals surface area (Å²) in [6.07, 6.45) is 0. The van der Waals surface area contributed by atoms with Gasteiger partial charge in [0.25, 0.3) is 5.91 Å². The van der Waals surface area contributed by atoms with Crippen LogP contribution in [0, 0.1) is 20.8 Å². The minimum atomic E-state index is -0.280. The molecule has 0 aliphatic carbocycles. The van der Waals surface area contributed by atoms with E-state index in [4.69, 9.17) is 4.74 Å². The summed E-state index contributed by atoms with van der Waals surface area (Å²) in [4.78, 5) is 21.3. The number of anilines is 3. The number of nitrogens with zero attached hydrogens (tertiary/aromatic N) is 2. The first kappa shape index (κ1) is 18.4. The Bertz CT molecular complexity index is 986. The summed E-state index contributed by atoms with van der Waals surface area (Å²) in [6, 6.07) is 14.9. The van der Waals surface area contributed by atoms with E-state index >= 15 is 0 Å². The molecule has 6 nitrogen and oxygen atoms in total. The number of aryl methyl sites for hydroxylation is 3. The molecule has 1 heterocycles. The van der Waals surface area contributed by atoms with E-state index < -0.39 is 0 Å². The number of hydrogen-bond donors (Lipinski definition) is 2. The molecule has 0 radical (unpaired) electrons. The Hall–Kier alpha value is -3.41. The highest BCUT2D eigenvalue weighted by atomic mass is 16.5. The Kier molecular flexibility index (Phi) is 5.35. The molecule has 0 saturated carbocycles. The van der Waals surface area contributed by atoms with Crippen LogP contribution in [0.25, 0.3) is 0 Å². The highest BCUT2D eigenvalue weighted by molar-refractivity contribution is 6.03. The summed E-state index contributed by atoms with van der Waals surface area (Å²) in [5, 5.41) is 6.00. The number of carbonyl (C=O) groups is 1. The molecule has 138 valence electrons. The van der Waals surface area contributed by atoms with E-state index in [0.29, 0.717) is 17.3 Å². The SMILES string of the molecule is COc1cccc(Nc2nc(C)cc(C(=O)Nc3ccc(C)c(C)c3)n2)c1. The molecule has 0 unspecified atom stereocenters. The van der Waals surface area contributed by atoms with Crippen LogP contribution in [0.2, 0.25) is 0 Å². The van der Waals surface area contributed by atoms with E-state index in [-0.39, 0.29) is 5.91 Å². The third kappa shape index (κ3) is 4.61. The fourth-order valence-corrected chi connectivity index (χ4v) is 2.59. The number of methoxy groups -OCH3 is 1. The molecule has 0 spiro atoms. The molecule has 27 heavy (non-hydrogen) atoms. The van der Waals surface area contributed by atoms with E-state index in [1.807, 2.05) is 63.2 Å². The topological polar surface area (TPSA) is 76.1 Å². The third-order valence-corrected chi connectivity index (χ3v) is 4.18. The van der Waals surface area contributed by atoms with Crippen LogP contribution >= 0.6 is 0 Å². The highest BCUT2D eigenvalue weighted by Crippen LogP contribution is 2.20. The largest absolute Gasteiger partial charge is 0.497 e. The average molecular weight is 362 g/mol. The molecule has 0 saturated heterocycles. The summed E-state index contributed by atoms with van der Waals surface area (Å²) < 4.78 is 5.22. The van der Waals surface area contributed by atoms with Crippen LogP contribution in [-0.2, 0) is 0 Å². The lowest BCUT2D eigenvalue weighted by Gasteiger charge is -2.10. The van der Waals surface area contributed by atoms with Gasteiger partial charge >= 0.3 is 0 Å². The first-order valence-electron chi connectivity index (χ1n) is 8.60. The van der Waals surface area contributed by atoms with Crippen LogP contribution in [0.5, 0.6) is 5.75 Å². The van der Waals surface area contributed by atoms with Gasteiger partial charge in [0.15, 0.2) is 0 Å². The van der Waals surface area contributed by atoms with Gasteiger partial charge in [0.2, 0.25) is 5.95 Å². The smallest absolute Gasteiger partial charge is 0.274 e. The van der Waals surface area contributed by atoms with Gasteiger partial charge in [-0.25, -0.2) is 9.97 Å². The van der Waals surface area contributed by atoms with E-state index in [2.05, 4.69) is 20.6 Å². The van der Waals surface area contributed by atoms with Crippen LogP contribution in [0.15, 0.2) is 48.5 Å². The maximum Gasteiger partial charge on any atom is 0.274 e. The zero-order valence-corrected chi connectivity index (χ0v) is 15.8. The number of nitrogens with one attached hydrogen (secondary N) is 2. The molecule has 0 aliphatic rings. The quantitative estimate of drug-likeness (QED) is 0.703. The summed E-state index contributed by atoms with van der Waals surface area (Å²) in [6.45, 7) is 5.87. The van der Waals surface area contributed by atoms with Crippen LogP contribution in [0.3, 0.4) is 0 Å². The number of rotatable bonds is 5. The molecular weight excluding hydrogens is 340 g/mol. The second kappa shape index (κ2) is 7.86. The molecular formula is C21H22N4O2. The van der Waals surface area contributed by atoms with Gasteiger partial charge in [-0.05, 0) is 62.2 Å². The minimum absolute atomic E-state index is 0.280. The van der Waals surface area contributed by atoms with Crippen LogP contribution in [-0.4, -0.2) is 23.0 Å². The molecule has 2 aromatic carbocycles. The van der Waals surface area contributed by atoms with Crippen molar-refractivity contribution >= 4 is 23.2 Å². The minimum Gasteiger partial charge on any atom is -0.497 e. The van der Waals surface area contributed by atoms with E-state index in [1.54, 1.807) is 13.2 Å². The van der Waals surface area contributed by atoms with Crippen molar-refractivity contribution in [3.8, 4) is 5.75 Å². The average Bonchev–Trinajstić information content (AvgIpc) is 2.64. The Balaban J connectivity index is 1.81. The highest BCUT2D eigenvalue weighted by Gasteiger charge is 2.12. The lowest BCUT2D eigenvalue weighted by Crippen LogP contribution is -2.15. The fraction of sp³-hybridized carbons (Fsp3) is 0.190. The Morgan fingerprint density at radius 3 is 2.48 bits per heavy atom. The van der Waals surface area contributed by atoms with Gasteiger partial charge in [0.05, 0.1) is 7.11 Å². The van der Waals surface area contributed by atoms with Crippen LogP contribution < -0.4 is 15.4 Å². The van der Waals surface area contributed by atoms with E-state index in [9.17, 15) is 4.79 Å². The fourth-order valence-electron chi connectivity index (χ4n) is 2.59. The van der Waals surface area contributed by atoms with Gasteiger partial charge in [0, 0.05) is 23.1 Å². The molecule has 0 bridgehead atoms. The zero-order valence-electron chi connectivity index (χ0n) is 15.8. The van der Waals surface area contributed by atoms with Crippen molar-refractivity contribution in [2.24, 2.45) is 0 Å². The number of carbonyl (C=O) groups excluding carboxylic acids is 1. The van der Waals surface area contributed by atoms with Crippen LogP contribution in [0.1, 0.15) is 27.3 Å². The van der Waals surface area contributed by atoms with Gasteiger partial charge in [-0.2, -0.15) is 0 Å². The number of amides is 1. The van der Waals surface area contributed by atoms with Gasteiger partial charge < -0.3 is 15.4 Å². The van der Waals surface area contributed by atoms with Crippen molar-refractivity contribution in [2.45, 2.75) is 20.8 Å². The predicted octanol–water partition coefficient (Wildman–Crippen LogP) is 4.41. The van der Waals surface area contributed by atoms with Gasteiger partial charge in [0.1, 0.15) is 11.4 Å². The van der Waals surface area contributed by atoms with Crippen molar-refractivity contribution in [3.63, 3.8) is 0 Å². The number of ether oxygens (including phenoxy) is 1. The maximum absolute atomic E-state index is 12.6. The number of aromatic nitrogens is 2. The monoisotopic (exact) mass is 362 g/mol. The molecule has 6 heteroatoms. The lowest BCUT2D eigenvalue weighted by molar-refractivity contribution is 0.102. The molecule has 0 fully saturated rings. The zero-order chi connectivity index (χ0) is 19.4. The van der Waals surface area contributed by atoms with Crippen molar-refractivity contribution < 1.29 is 9.53 Å². The molecule has 1 amide bonds. The normalized spacial score (nSPS) is 10.4. The molecule has 3 rings (SSSR count). The molecule has 2 N–H and O–H groups in total. The van der Waals surface area contributed by atoms with Crippen molar-refractivity contribution in [1.29, 1.82) is 0 Å². The standard InChI is InChI=1S/C21H22N4O2/c1-13-8-9-17(10-14(13)2)23-20(26)19-11-15(3)22-21(25-19)24-16-6-5-7-18(12-16)27-4/h5-12H,1-4H3,(H,23,26)(H,22,24,25). The molecule has 1 aromatic heterocycles. The Morgan fingerprint density at radius 1 is 0.926 bits per heavy atom. The summed E-state index contributed by atoms with van der Waals surface area (Å²) in [5.74, 6) is 0.797. The molecule has 0 atom stereocenters. The second-order valence-corrected chi connectivity index (χ2v) is 6.33. The summed E-state index contributed by atoms with van der Waals surface area (Å²) in [5.41, 5.74) is 4.80. The van der Waals surface area contributed by atoms with E-state index in [1.165, 1.54) is 5.56 Å². The van der Waals surface area contributed by atoms with Crippen molar-refractivity contribution in [1.82, 2.24) is 9.97 Å². The molecule has 3 aromatic rings. The Morgan fingerprint density at radius 2 is 1.74 bits per heavy atom.